The number of hydrogen-bond acceptors (Lipinski definition) is 3. The molecule has 0 fully saturated rings. The number of nitrogens with one attached hydrogen (secondary N) is 1. The van der Waals surface area contributed by atoms with E-state index in [0.29, 0.717) is 16.6 Å². The van der Waals surface area contributed by atoms with Crippen molar-refractivity contribution in [3.8, 4) is 0 Å². The number of halogens is 1. The lowest BCUT2D eigenvalue weighted by atomic mass is 9.76. The average Bonchev–Trinajstić information content (AvgIpc) is 2.84. The summed E-state index contributed by atoms with van der Waals surface area (Å²) in [5.41, 5.74) is 10.2. The minimum absolute atomic E-state index is 0.373. The van der Waals surface area contributed by atoms with Gasteiger partial charge in [-0.25, -0.2) is 4.98 Å². The van der Waals surface area contributed by atoms with Crippen molar-refractivity contribution in [2.75, 3.05) is 12.4 Å². The molecular formula is C26H23ClN4. The first-order valence-electron chi connectivity index (χ1n) is 9.98. The maximum atomic E-state index is 6.30. The van der Waals surface area contributed by atoms with Crippen LogP contribution in [0.25, 0.3) is 0 Å². The van der Waals surface area contributed by atoms with Gasteiger partial charge in [0.05, 0.1) is 11.3 Å². The van der Waals surface area contributed by atoms with Gasteiger partial charge >= 0.3 is 0 Å². The molecule has 0 bridgehead atoms. The molecule has 3 N–H and O–H groups in total. The van der Waals surface area contributed by atoms with Crippen LogP contribution in [0.2, 0.25) is 5.15 Å². The monoisotopic (exact) mass is 426 g/mol. The van der Waals surface area contributed by atoms with Crippen LogP contribution in [-0.2, 0) is 5.54 Å². The van der Waals surface area contributed by atoms with E-state index in [4.69, 9.17) is 17.3 Å². The smallest absolute Gasteiger partial charge is 0.131 e. The Bertz CT molecular complexity index is 1080. The molecule has 1 aromatic heterocycles. The molecule has 0 atom stereocenters. The highest BCUT2D eigenvalue weighted by Gasteiger charge is 2.37. The van der Waals surface area contributed by atoms with Gasteiger partial charge in [0.1, 0.15) is 16.5 Å². The molecule has 0 aliphatic heterocycles. The molecule has 1 heterocycles. The van der Waals surface area contributed by atoms with Crippen molar-refractivity contribution in [3.63, 3.8) is 0 Å². The van der Waals surface area contributed by atoms with Crippen LogP contribution in [0.4, 0.5) is 5.69 Å². The van der Waals surface area contributed by atoms with E-state index in [2.05, 4.69) is 51.7 Å². The van der Waals surface area contributed by atoms with Gasteiger partial charge < -0.3 is 11.1 Å². The first kappa shape index (κ1) is 20.6. The standard InChI is InChI=1S/C26H23ClN4/c1-29-25(28)22-18-30-24(27)17-23(22)31-26(19-11-5-2-6-12-19,20-13-7-3-8-14-20)21-15-9-4-10-16-21/h2-18H,1H3,(H2,28,29)(H,30,31). The number of aliphatic imine (C=N–C) groups is 1. The molecule has 4 rings (SSSR count). The molecule has 0 saturated heterocycles. The van der Waals surface area contributed by atoms with Crippen LogP contribution < -0.4 is 11.1 Å². The highest BCUT2D eigenvalue weighted by Crippen LogP contribution is 2.40. The third-order valence-electron chi connectivity index (χ3n) is 5.33. The SMILES string of the molecule is CN=C(N)c1cnc(Cl)cc1NC(c1ccccc1)(c1ccccc1)c1ccccc1. The Balaban J connectivity index is 2.04. The topological polar surface area (TPSA) is 63.3 Å². The molecule has 0 aliphatic carbocycles. The summed E-state index contributed by atoms with van der Waals surface area (Å²) in [6.07, 6.45) is 1.65. The van der Waals surface area contributed by atoms with E-state index >= 15 is 0 Å². The molecule has 0 amide bonds. The summed E-state index contributed by atoms with van der Waals surface area (Å²) in [5, 5.41) is 4.15. The van der Waals surface area contributed by atoms with Gasteiger partial charge in [0.2, 0.25) is 0 Å². The lowest BCUT2D eigenvalue weighted by molar-refractivity contribution is 0.711. The third-order valence-corrected chi connectivity index (χ3v) is 5.54. The van der Waals surface area contributed by atoms with E-state index in [1.165, 1.54) is 0 Å². The molecule has 0 aliphatic rings. The summed E-state index contributed by atoms with van der Waals surface area (Å²) in [4.78, 5) is 8.39. The third kappa shape index (κ3) is 4.03. The Hall–Kier alpha value is -3.63. The molecular weight excluding hydrogens is 404 g/mol. The van der Waals surface area contributed by atoms with Gasteiger partial charge in [0.25, 0.3) is 0 Å². The number of benzene rings is 3. The summed E-state index contributed by atoms with van der Waals surface area (Å²) in [5.74, 6) is 0.384. The summed E-state index contributed by atoms with van der Waals surface area (Å²) in [6.45, 7) is 0. The van der Waals surface area contributed by atoms with Gasteiger partial charge in [-0.15, -0.1) is 0 Å². The fourth-order valence-electron chi connectivity index (χ4n) is 3.84. The number of amidine groups is 1. The average molecular weight is 427 g/mol. The Morgan fingerprint density at radius 1 is 0.839 bits per heavy atom. The maximum Gasteiger partial charge on any atom is 0.131 e. The zero-order valence-electron chi connectivity index (χ0n) is 17.2. The van der Waals surface area contributed by atoms with Crippen LogP contribution in [-0.4, -0.2) is 17.9 Å². The Labute approximate surface area is 187 Å². The second kappa shape index (κ2) is 9.02. The Kier molecular flexibility index (Phi) is 6.01. The highest BCUT2D eigenvalue weighted by atomic mass is 35.5. The van der Waals surface area contributed by atoms with Crippen molar-refractivity contribution in [1.29, 1.82) is 0 Å². The van der Waals surface area contributed by atoms with E-state index in [1.54, 1.807) is 19.3 Å². The fraction of sp³-hybridized carbons (Fsp3) is 0.0769. The van der Waals surface area contributed by atoms with Crippen LogP contribution in [0.5, 0.6) is 0 Å². The van der Waals surface area contributed by atoms with Crippen molar-refractivity contribution < 1.29 is 0 Å². The predicted octanol–water partition coefficient (Wildman–Crippen LogP) is 5.47. The highest BCUT2D eigenvalue weighted by molar-refractivity contribution is 6.29. The van der Waals surface area contributed by atoms with Gasteiger partial charge in [-0.3, -0.25) is 4.99 Å². The zero-order valence-corrected chi connectivity index (χ0v) is 17.9. The predicted molar refractivity (Wildman–Crippen MR) is 129 cm³/mol. The molecule has 4 aromatic rings. The van der Waals surface area contributed by atoms with Gasteiger partial charge in [0, 0.05) is 13.2 Å². The number of hydrogen-bond donors (Lipinski definition) is 2. The number of rotatable bonds is 6. The molecule has 0 unspecified atom stereocenters. The molecule has 5 heteroatoms. The first-order valence-corrected chi connectivity index (χ1v) is 10.4. The molecule has 31 heavy (non-hydrogen) atoms. The summed E-state index contributed by atoms with van der Waals surface area (Å²) < 4.78 is 0. The van der Waals surface area contributed by atoms with Crippen LogP contribution >= 0.6 is 11.6 Å². The molecule has 0 spiro atoms. The van der Waals surface area contributed by atoms with Crippen molar-refractivity contribution in [3.05, 3.63) is 131 Å². The maximum absolute atomic E-state index is 6.30. The van der Waals surface area contributed by atoms with Crippen LogP contribution in [0.15, 0.2) is 108 Å². The Morgan fingerprint density at radius 2 is 1.29 bits per heavy atom. The van der Waals surface area contributed by atoms with E-state index in [1.807, 2.05) is 54.6 Å². The lowest BCUT2D eigenvalue weighted by Gasteiger charge is -2.38. The minimum atomic E-state index is -0.697. The summed E-state index contributed by atoms with van der Waals surface area (Å²) in [6, 6.07) is 32.8. The van der Waals surface area contributed by atoms with E-state index in [-0.39, 0.29) is 0 Å². The van der Waals surface area contributed by atoms with Gasteiger partial charge in [-0.05, 0) is 22.8 Å². The van der Waals surface area contributed by atoms with Crippen LogP contribution in [0.1, 0.15) is 22.3 Å². The zero-order chi connectivity index (χ0) is 21.7. The quantitative estimate of drug-likeness (QED) is 0.186. The largest absolute Gasteiger partial charge is 0.383 e. The lowest BCUT2D eigenvalue weighted by Crippen LogP contribution is -2.39. The normalized spacial score (nSPS) is 11.9. The van der Waals surface area contributed by atoms with Crippen LogP contribution in [0.3, 0.4) is 0 Å². The number of anilines is 1. The van der Waals surface area contributed by atoms with Crippen molar-refractivity contribution in [2.45, 2.75) is 5.54 Å². The van der Waals surface area contributed by atoms with E-state index in [9.17, 15) is 0 Å². The number of nitrogens with zero attached hydrogens (tertiary/aromatic N) is 2. The minimum Gasteiger partial charge on any atom is -0.383 e. The molecule has 0 radical (unpaired) electrons. The van der Waals surface area contributed by atoms with Crippen molar-refractivity contribution >= 4 is 23.1 Å². The molecule has 0 saturated carbocycles. The first-order chi connectivity index (χ1) is 15.1. The summed E-state index contributed by atoms with van der Waals surface area (Å²) in [7, 11) is 1.66. The van der Waals surface area contributed by atoms with E-state index in [0.717, 1.165) is 22.4 Å². The summed E-state index contributed by atoms with van der Waals surface area (Å²) >= 11 is 6.30. The second-order valence-corrected chi connectivity index (χ2v) is 7.52. The van der Waals surface area contributed by atoms with Gasteiger partial charge in [0.15, 0.2) is 0 Å². The Morgan fingerprint density at radius 3 is 1.71 bits per heavy atom. The van der Waals surface area contributed by atoms with Crippen molar-refractivity contribution in [2.24, 2.45) is 10.7 Å². The molecule has 4 nitrogen and oxygen atoms in total. The number of nitrogens with two attached hydrogens (primary N) is 1. The number of pyridine rings is 1. The van der Waals surface area contributed by atoms with E-state index < -0.39 is 5.54 Å². The molecule has 154 valence electrons. The van der Waals surface area contributed by atoms with Gasteiger partial charge in [-0.2, -0.15) is 0 Å². The van der Waals surface area contributed by atoms with Crippen LogP contribution in [0, 0.1) is 0 Å². The number of aromatic nitrogens is 1. The second-order valence-electron chi connectivity index (χ2n) is 7.13. The van der Waals surface area contributed by atoms with Crippen molar-refractivity contribution in [1.82, 2.24) is 4.98 Å². The fourth-order valence-corrected chi connectivity index (χ4v) is 4.00. The molecule has 3 aromatic carbocycles. The van der Waals surface area contributed by atoms with Gasteiger partial charge in [-0.1, -0.05) is 103 Å².